The largest absolute Gasteiger partial charge is 0.465 e. The van der Waals surface area contributed by atoms with E-state index >= 15 is 4.79 Å². The zero-order chi connectivity index (χ0) is 32.5. The second-order valence-electron chi connectivity index (χ2n) is 12.6. The van der Waals surface area contributed by atoms with Gasteiger partial charge in [-0.3, -0.25) is 14.4 Å². The van der Waals surface area contributed by atoms with E-state index in [1.807, 2.05) is 79.7 Å². The summed E-state index contributed by atoms with van der Waals surface area (Å²) >= 11 is 0. The number of carbonyl (C=O) groups excluding carboxylic acids is 3. The first kappa shape index (κ1) is 31.7. The number of hydrogen-bond donors (Lipinski definition) is 1. The molecular formula is C38H42N2O6. The van der Waals surface area contributed by atoms with Gasteiger partial charge >= 0.3 is 5.97 Å². The Labute approximate surface area is 270 Å². The minimum absolute atomic E-state index is 0.194. The molecule has 6 rings (SSSR count). The number of nitrogens with zero attached hydrogens (tertiary/aromatic N) is 2. The maximum Gasteiger partial charge on any atom is 0.312 e. The van der Waals surface area contributed by atoms with Crippen LogP contribution in [0, 0.1) is 11.8 Å². The number of hydrogen-bond acceptors (Lipinski definition) is 6. The zero-order valence-electron chi connectivity index (χ0n) is 26.3. The fraction of sp³-hybridized carbons (Fsp3) is 0.395. The first-order valence-electron chi connectivity index (χ1n) is 16.2. The fourth-order valence-electron chi connectivity index (χ4n) is 8.09. The molecule has 3 aliphatic rings. The molecule has 1 N–H and O–H groups in total. The summed E-state index contributed by atoms with van der Waals surface area (Å²) in [4.78, 5) is 46.9. The van der Waals surface area contributed by atoms with Crippen LogP contribution in [0.25, 0.3) is 10.8 Å². The molecule has 3 heterocycles. The van der Waals surface area contributed by atoms with Gasteiger partial charge in [-0.1, -0.05) is 79.7 Å². The number of fused-ring (bicyclic) bond motifs is 2. The van der Waals surface area contributed by atoms with E-state index in [-0.39, 0.29) is 25.0 Å². The monoisotopic (exact) mass is 622 g/mol. The summed E-state index contributed by atoms with van der Waals surface area (Å²) in [6, 6.07) is 21.0. The van der Waals surface area contributed by atoms with Gasteiger partial charge in [0, 0.05) is 12.2 Å². The topological polar surface area (TPSA) is 96.4 Å². The van der Waals surface area contributed by atoms with E-state index in [9.17, 15) is 14.7 Å². The molecule has 3 fully saturated rings. The number of likely N-dealkylation sites (tertiary alicyclic amines) is 1. The van der Waals surface area contributed by atoms with Crippen LogP contribution in [0.15, 0.2) is 98.1 Å². The average molecular weight is 623 g/mol. The van der Waals surface area contributed by atoms with Crippen molar-refractivity contribution in [3.63, 3.8) is 0 Å². The minimum Gasteiger partial charge on any atom is -0.465 e. The van der Waals surface area contributed by atoms with E-state index in [0.717, 1.165) is 10.8 Å². The number of aliphatic hydroxyl groups is 1. The van der Waals surface area contributed by atoms with E-state index in [2.05, 4.69) is 13.2 Å². The molecule has 1 spiro atoms. The summed E-state index contributed by atoms with van der Waals surface area (Å²) in [6.07, 6.45) is 6.20. The molecule has 3 aromatic carbocycles. The van der Waals surface area contributed by atoms with Crippen LogP contribution in [-0.4, -0.2) is 64.8 Å². The lowest BCUT2D eigenvalue weighted by atomic mass is 9.65. The molecule has 0 aliphatic carbocycles. The molecule has 8 nitrogen and oxygen atoms in total. The Morgan fingerprint density at radius 3 is 2.50 bits per heavy atom. The number of anilines is 1. The van der Waals surface area contributed by atoms with Gasteiger partial charge in [0.25, 0.3) is 5.91 Å². The van der Waals surface area contributed by atoms with Gasteiger partial charge < -0.3 is 24.4 Å². The highest BCUT2D eigenvalue weighted by Gasteiger charge is 2.79. The molecule has 0 radical (unpaired) electrons. The second kappa shape index (κ2) is 12.9. The summed E-state index contributed by atoms with van der Waals surface area (Å²) in [5.74, 6) is -2.99. The number of rotatable bonds is 13. The Morgan fingerprint density at radius 1 is 1.07 bits per heavy atom. The average Bonchev–Trinajstić information content (AvgIpc) is 3.69. The van der Waals surface area contributed by atoms with Crippen LogP contribution in [0.4, 0.5) is 5.69 Å². The van der Waals surface area contributed by atoms with Crippen molar-refractivity contribution in [3.8, 4) is 0 Å². The maximum atomic E-state index is 15.1. The van der Waals surface area contributed by atoms with Gasteiger partial charge in [-0.2, -0.15) is 0 Å². The van der Waals surface area contributed by atoms with Gasteiger partial charge in [0.2, 0.25) is 5.91 Å². The van der Waals surface area contributed by atoms with Crippen LogP contribution in [0.5, 0.6) is 0 Å². The van der Waals surface area contributed by atoms with Crippen LogP contribution in [0.1, 0.15) is 50.6 Å². The Kier molecular flexibility index (Phi) is 8.86. The molecule has 3 aliphatic heterocycles. The summed E-state index contributed by atoms with van der Waals surface area (Å²) in [5, 5.41) is 12.8. The zero-order valence-corrected chi connectivity index (χ0v) is 26.3. The number of benzene rings is 3. The molecule has 2 bridgehead atoms. The lowest BCUT2D eigenvalue weighted by Gasteiger charge is -2.39. The van der Waals surface area contributed by atoms with Crippen molar-refractivity contribution in [3.05, 3.63) is 104 Å². The number of aliphatic hydroxyl groups excluding tert-OH is 1. The first-order valence-corrected chi connectivity index (χ1v) is 16.2. The van der Waals surface area contributed by atoms with E-state index in [0.29, 0.717) is 43.4 Å². The van der Waals surface area contributed by atoms with Crippen LogP contribution < -0.4 is 4.90 Å². The van der Waals surface area contributed by atoms with E-state index in [1.54, 1.807) is 17.1 Å². The number of allylic oxidation sites excluding steroid dienone is 1. The normalized spacial score (nSPS) is 27.0. The van der Waals surface area contributed by atoms with Crippen molar-refractivity contribution in [2.75, 3.05) is 24.7 Å². The van der Waals surface area contributed by atoms with Crippen LogP contribution in [-0.2, 0) is 23.9 Å². The minimum atomic E-state index is -1.27. The highest BCUT2D eigenvalue weighted by atomic mass is 16.6. The van der Waals surface area contributed by atoms with E-state index in [1.165, 1.54) is 4.90 Å². The summed E-state index contributed by atoms with van der Waals surface area (Å²) in [6.45, 7) is 9.62. The van der Waals surface area contributed by atoms with Gasteiger partial charge in [-0.05, 0) is 60.6 Å². The van der Waals surface area contributed by atoms with Gasteiger partial charge in [0.1, 0.15) is 17.6 Å². The number of ether oxygens (including phenoxy) is 2. The lowest BCUT2D eigenvalue weighted by molar-refractivity contribution is -0.162. The van der Waals surface area contributed by atoms with Gasteiger partial charge in [-0.25, -0.2) is 0 Å². The molecule has 2 amide bonds. The molecule has 46 heavy (non-hydrogen) atoms. The van der Waals surface area contributed by atoms with Crippen molar-refractivity contribution >= 4 is 34.2 Å². The van der Waals surface area contributed by atoms with Crippen molar-refractivity contribution < 1.29 is 29.0 Å². The third kappa shape index (κ3) is 5.04. The lowest BCUT2D eigenvalue weighted by Crippen LogP contribution is -2.57. The van der Waals surface area contributed by atoms with Crippen molar-refractivity contribution in [1.82, 2.24) is 4.90 Å². The third-order valence-electron chi connectivity index (χ3n) is 10.2. The molecule has 3 aromatic rings. The molecule has 3 saturated heterocycles. The van der Waals surface area contributed by atoms with E-state index < -0.39 is 47.7 Å². The first-order chi connectivity index (χ1) is 22.4. The molecule has 8 heteroatoms. The van der Waals surface area contributed by atoms with Crippen molar-refractivity contribution in [1.29, 1.82) is 0 Å². The predicted molar refractivity (Wildman–Crippen MR) is 177 cm³/mol. The smallest absolute Gasteiger partial charge is 0.312 e. The Morgan fingerprint density at radius 2 is 1.80 bits per heavy atom. The highest BCUT2D eigenvalue weighted by molar-refractivity contribution is 6.06. The number of unbranched alkanes of at least 4 members (excludes halogenated alkanes) is 1. The SMILES string of the molecule is C=CCCCOC(=O)[C@@H]1[C@H]2C(=O)N([C@H](CO)c3ccccc3)C(C(=O)N(CC=C)c3ccc4ccccc4c3)C23CC[C@@]1(CC)O3. The highest BCUT2D eigenvalue weighted by Crippen LogP contribution is 2.65. The van der Waals surface area contributed by atoms with Crippen LogP contribution >= 0.6 is 0 Å². The summed E-state index contributed by atoms with van der Waals surface area (Å²) in [7, 11) is 0. The van der Waals surface area contributed by atoms with Gasteiger partial charge in [-0.15, -0.1) is 13.2 Å². The van der Waals surface area contributed by atoms with Crippen LogP contribution in [0.3, 0.4) is 0 Å². The quantitative estimate of drug-likeness (QED) is 0.148. The fourth-order valence-corrected chi connectivity index (χ4v) is 8.09. The molecule has 2 unspecified atom stereocenters. The Bertz CT molecular complexity index is 1640. The molecule has 240 valence electrons. The summed E-state index contributed by atoms with van der Waals surface area (Å²) in [5.41, 5.74) is -0.842. The summed E-state index contributed by atoms with van der Waals surface area (Å²) < 4.78 is 12.7. The predicted octanol–water partition coefficient (Wildman–Crippen LogP) is 5.76. The van der Waals surface area contributed by atoms with Gasteiger partial charge in [0.15, 0.2) is 0 Å². The molecule has 0 saturated carbocycles. The maximum absolute atomic E-state index is 15.1. The Hall–Kier alpha value is -4.27. The van der Waals surface area contributed by atoms with E-state index in [4.69, 9.17) is 9.47 Å². The van der Waals surface area contributed by atoms with Crippen molar-refractivity contribution in [2.45, 2.75) is 62.3 Å². The number of carbonyl (C=O) groups is 3. The molecular weight excluding hydrogens is 580 g/mol. The second-order valence-corrected chi connectivity index (χ2v) is 12.6. The number of esters is 1. The third-order valence-corrected chi connectivity index (χ3v) is 10.2. The molecule has 0 aromatic heterocycles. The Balaban J connectivity index is 1.47. The van der Waals surface area contributed by atoms with Crippen LogP contribution in [0.2, 0.25) is 0 Å². The standard InChI is InChI=1S/C38H42N2O6/c1-4-7-13-23-45-36(44)32-31-34(42)40(30(25-41)27-15-9-8-10-16-27)33(38(31)21-20-37(32,6-3)46-38)35(43)39(22-5-2)29-19-18-26-14-11-12-17-28(26)24-29/h4-5,8-12,14-19,24,30-33,41H,1-2,6-7,13,20-23,25H2,3H3/t30-,31+,32+,33?,37-,38?/m1/s1. The number of amides is 2. The van der Waals surface area contributed by atoms with Crippen molar-refractivity contribution in [2.24, 2.45) is 11.8 Å². The molecule has 6 atom stereocenters. The van der Waals surface area contributed by atoms with Gasteiger partial charge in [0.05, 0.1) is 30.8 Å².